The molecule has 0 N–H and O–H groups in total. The summed E-state index contributed by atoms with van der Waals surface area (Å²) in [7, 11) is 0. The van der Waals surface area contributed by atoms with Crippen LogP contribution in [0.3, 0.4) is 0 Å². The van der Waals surface area contributed by atoms with E-state index in [0.717, 1.165) is 25.3 Å². The third-order valence-corrected chi connectivity index (χ3v) is 4.30. The van der Waals surface area contributed by atoms with Gasteiger partial charge in [-0.05, 0) is 37.5 Å². The first kappa shape index (κ1) is 12.2. The first-order valence-electron chi connectivity index (χ1n) is 6.94. The summed E-state index contributed by atoms with van der Waals surface area (Å²) < 4.78 is 0. The first-order chi connectivity index (χ1) is 9.33. The monoisotopic (exact) mass is 254 g/mol. The van der Waals surface area contributed by atoms with Crippen LogP contribution >= 0.6 is 0 Å². The lowest BCUT2D eigenvalue weighted by atomic mass is 9.71. The molecule has 0 unspecified atom stereocenters. The Morgan fingerprint density at radius 3 is 2.89 bits per heavy atom. The van der Waals surface area contributed by atoms with Gasteiger partial charge in [0.2, 0.25) is 0 Å². The van der Waals surface area contributed by atoms with Crippen molar-refractivity contribution in [2.45, 2.75) is 32.1 Å². The van der Waals surface area contributed by atoms with Crippen molar-refractivity contribution in [2.75, 3.05) is 18.0 Å². The number of allylic oxidation sites excluding steroid dienone is 2. The number of nitriles is 1. The molecule has 0 aromatic carbocycles. The molecule has 1 fully saturated rings. The van der Waals surface area contributed by atoms with Crippen LogP contribution in [0, 0.1) is 16.7 Å². The van der Waals surface area contributed by atoms with Crippen molar-refractivity contribution < 1.29 is 0 Å². The Kier molecular flexibility index (Phi) is 3.20. The van der Waals surface area contributed by atoms with Crippen LogP contribution in [0.4, 0.5) is 5.82 Å². The molecule has 1 aliphatic carbocycles. The minimum Gasteiger partial charge on any atom is -0.354 e. The van der Waals surface area contributed by atoms with Gasteiger partial charge in [-0.3, -0.25) is 0 Å². The Labute approximate surface area is 113 Å². The van der Waals surface area contributed by atoms with Crippen LogP contribution in [0.1, 0.15) is 37.8 Å². The van der Waals surface area contributed by atoms with Crippen molar-refractivity contribution in [3.8, 4) is 6.07 Å². The Bertz CT molecular complexity index is 531. The van der Waals surface area contributed by atoms with Gasteiger partial charge in [0.05, 0.1) is 0 Å². The maximum absolute atomic E-state index is 9.16. The Hall–Kier alpha value is -1.89. The highest BCUT2D eigenvalue weighted by Crippen LogP contribution is 2.41. The van der Waals surface area contributed by atoms with Gasteiger partial charge in [0.1, 0.15) is 6.07 Å². The summed E-state index contributed by atoms with van der Waals surface area (Å²) >= 11 is 0. The van der Waals surface area contributed by atoms with Gasteiger partial charge in [0, 0.05) is 25.5 Å². The van der Waals surface area contributed by atoms with Crippen LogP contribution in [0.15, 0.2) is 24.5 Å². The van der Waals surface area contributed by atoms with E-state index in [-0.39, 0.29) is 0 Å². The Balaban J connectivity index is 1.86. The van der Waals surface area contributed by atoms with Gasteiger partial charge in [-0.2, -0.15) is 5.26 Å². The molecule has 0 saturated carbocycles. The number of aromatic nitrogens is 2. The van der Waals surface area contributed by atoms with Crippen LogP contribution in [0.25, 0.3) is 0 Å². The second-order valence-corrected chi connectivity index (χ2v) is 5.58. The summed E-state index contributed by atoms with van der Waals surface area (Å²) in [5, 5.41) is 9.16. The van der Waals surface area contributed by atoms with Crippen molar-refractivity contribution >= 4 is 5.82 Å². The molecule has 1 aliphatic heterocycles. The van der Waals surface area contributed by atoms with E-state index < -0.39 is 0 Å². The van der Waals surface area contributed by atoms with Crippen molar-refractivity contribution in [3.63, 3.8) is 0 Å². The van der Waals surface area contributed by atoms with Crippen LogP contribution in [-0.2, 0) is 0 Å². The van der Waals surface area contributed by atoms with Crippen molar-refractivity contribution in [2.24, 2.45) is 5.41 Å². The third-order valence-electron chi connectivity index (χ3n) is 4.30. The predicted molar refractivity (Wildman–Crippen MR) is 73.6 cm³/mol. The second kappa shape index (κ2) is 5.00. The predicted octanol–water partition coefficient (Wildman–Crippen LogP) is 2.67. The van der Waals surface area contributed by atoms with Gasteiger partial charge in [0.15, 0.2) is 11.5 Å². The summed E-state index contributed by atoms with van der Waals surface area (Å²) in [5.74, 6) is 0.763. The van der Waals surface area contributed by atoms with Crippen LogP contribution in [0.2, 0.25) is 0 Å². The largest absolute Gasteiger partial charge is 0.354 e. The molecule has 4 nitrogen and oxygen atoms in total. The first-order valence-corrected chi connectivity index (χ1v) is 6.94. The summed E-state index contributed by atoms with van der Waals surface area (Å²) in [6.45, 7) is 1.99. The molecule has 1 atom stereocenters. The summed E-state index contributed by atoms with van der Waals surface area (Å²) in [6, 6.07) is 2.15. The van der Waals surface area contributed by atoms with Crippen LogP contribution in [0.5, 0.6) is 0 Å². The van der Waals surface area contributed by atoms with Gasteiger partial charge in [-0.15, -0.1) is 0 Å². The zero-order valence-corrected chi connectivity index (χ0v) is 11.0. The topological polar surface area (TPSA) is 52.8 Å². The van der Waals surface area contributed by atoms with Gasteiger partial charge in [-0.1, -0.05) is 12.2 Å². The lowest BCUT2D eigenvalue weighted by Gasteiger charge is -2.44. The smallest absolute Gasteiger partial charge is 0.183 e. The van der Waals surface area contributed by atoms with Crippen LogP contribution in [-0.4, -0.2) is 23.1 Å². The fraction of sp³-hybridized carbons (Fsp3) is 0.533. The lowest BCUT2D eigenvalue weighted by molar-refractivity contribution is 0.209. The van der Waals surface area contributed by atoms with E-state index in [4.69, 9.17) is 5.26 Å². The quantitative estimate of drug-likeness (QED) is 0.723. The zero-order valence-electron chi connectivity index (χ0n) is 11.0. The zero-order chi connectivity index (χ0) is 13.1. The normalized spacial score (nSPS) is 26.4. The van der Waals surface area contributed by atoms with E-state index in [1.54, 1.807) is 12.4 Å². The van der Waals surface area contributed by atoms with E-state index in [2.05, 4.69) is 33.1 Å². The molecule has 1 aromatic rings. The maximum Gasteiger partial charge on any atom is 0.183 e. The second-order valence-electron chi connectivity index (χ2n) is 5.58. The maximum atomic E-state index is 9.16. The molecule has 1 saturated heterocycles. The van der Waals surface area contributed by atoms with Crippen molar-refractivity contribution in [1.82, 2.24) is 9.97 Å². The molecule has 2 aliphatic rings. The van der Waals surface area contributed by atoms with Gasteiger partial charge < -0.3 is 4.90 Å². The number of hydrogen-bond donors (Lipinski definition) is 0. The fourth-order valence-electron chi connectivity index (χ4n) is 3.34. The Morgan fingerprint density at radius 1 is 1.21 bits per heavy atom. The van der Waals surface area contributed by atoms with E-state index in [0.29, 0.717) is 11.1 Å². The van der Waals surface area contributed by atoms with Crippen molar-refractivity contribution in [1.29, 1.82) is 5.26 Å². The minimum absolute atomic E-state index is 0.386. The van der Waals surface area contributed by atoms with E-state index in [9.17, 15) is 0 Å². The molecule has 1 spiro atoms. The SMILES string of the molecule is N#Cc1nccnc1N1CCC[C@@]2(CC=CCC2)C1. The molecule has 1 aromatic heterocycles. The molecular weight excluding hydrogens is 236 g/mol. The van der Waals surface area contributed by atoms with E-state index in [1.807, 2.05) is 0 Å². The number of hydrogen-bond acceptors (Lipinski definition) is 4. The molecule has 0 amide bonds. The summed E-state index contributed by atoms with van der Waals surface area (Å²) in [5.41, 5.74) is 0.836. The standard InChI is InChI=1S/C15H18N4/c16-11-13-14(18-9-8-17-13)19-10-4-7-15(12-19)5-2-1-3-6-15/h1-2,8-9H,3-7,10,12H2/t15-/m0/s1. The van der Waals surface area contributed by atoms with Gasteiger partial charge >= 0.3 is 0 Å². The van der Waals surface area contributed by atoms with E-state index >= 15 is 0 Å². The molecule has 0 radical (unpaired) electrons. The molecule has 19 heavy (non-hydrogen) atoms. The highest BCUT2D eigenvalue weighted by atomic mass is 15.2. The number of anilines is 1. The molecule has 3 rings (SSSR count). The molecule has 0 bridgehead atoms. The Morgan fingerprint density at radius 2 is 2.11 bits per heavy atom. The highest BCUT2D eigenvalue weighted by molar-refractivity contribution is 5.50. The molecule has 98 valence electrons. The third kappa shape index (κ3) is 2.33. The highest BCUT2D eigenvalue weighted by Gasteiger charge is 2.36. The van der Waals surface area contributed by atoms with Crippen molar-refractivity contribution in [3.05, 3.63) is 30.2 Å². The van der Waals surface area contributed by atoms with E-state index in [1.165, 1.54) is 25.7 Å². The lowest BCUT2D eigenvalue weighted by Crippen LogP contribution is -2.44. The number of rotatable bonds is 1. The summed E-state index contributed by atoms with van der Waals surface area (Å²) in [4.78, 5) is 10.8. The number of piperidine rings is 1. The average Bonchev–Trinajstić information content (AvgIpc) is 2.48. The summed E-state index contributed by atoms with van der Waals surface area (Å²) in [6.07, 6.45) is 13.9. The van der Waals surface area contributed by atoms with Gasteiger partial charge in [0.25, 0.3) is 0 Å². The van der Waals surface area contributed by atoms with Crippen LogP contribution < -0.4 is 4.90 Å². The minimum atomic E-state index is 0.386. The van der Waals surface area contributed by atoms with Gasteiger partial charge in [-0.25, -0.2) is 9.97 Å². The molecule has 2 heterocycles. The molecule has 4 heteroatoms. The number of nitrogens with zero attached hydrogens (tertiary/aromatic N) is 4. The molecular formula is C15H18N4. The fourth-order valence-corrected chi connectivity index (χ4v) is 3.34. The average molecular weight is 254 g/mol.